The van der Waals surface area contributed by atoms with Crippen molar-refractivity contribution in [2.45, 2.75) is 0 Å². The van der Waals surface area contributed by atoms with E-state index < -0.39 is 6.03 Å². The summed E-state index contributed by atoms with van der Waals surface area (Å²) < 4.78 is 0. The van der Waals surface area contributed by atoms with Crippen LogP contribution in [0.1, 0.15) is 0 Å². The Morgan fingerprint density at radius 2 is 1.47 bits per heavy atom. The molecule has 2 rings (SSSR count). The molecule has 0 saturated heterocycles. The van der Waals surface area contributed by atoms with E-state index in [1.807, 2.05) is 0 Å². The number of rotatable bonds is 2. The molecule has 0 fully saturated rings. The molecule has 0 heterocycles. The van der Waals surface area contributed by atoms with Gasteiger partial charge in [-0.25, -0.2) is 4.79 Å². The highest BCUT2D eigenvalue weighted by Crippen LogP contribution is 2.25. The van der Waals surface area contributed by atoms with Gasteiger partial charge in [-0.3, -0.25) is 0 Å². The van der Waals surface area contributed by atoms with Crippen molar-refractivity contribution in [1.82, 2.24) is 0 Å². The third kappa shape index (κ3) is 4.03. The molecule has 0 aliphatic heterocycles. The van der Waals surface area contributed by atoms with Crippen molar-refractivity contribution < 1.29 is 4.79 Å². The molecule has 2 amide bonds. The highest BCUT2D eigenvalue weighted by Gasteiger charge is 2.06. The number of hydrogen-bond donors (Lipinski definition) is 2. The predicted molar refractivity (Wildman–Crippen MR) is 80.6 cm³/mol. The smallest absolute Gasteiger partial charge is 0.308 e. The Balaban J connectivity index is 2.05. The van der Waals surface area contributed by atoms with E-state index in [4.69, 9.17) is 34.8 Å². The van der Waals surface area contributed by atoms with E-state index in [0.717, 1.165) is 0 Å². The summed E-state index contributed by atoms with van der Waals surface area (Å²) >= 11 is 17.5. The lowest BCUT2D eigenvalue weighted by Crippen LogP contribution is -2.19. The zero-order valence-electron chi connectivity index (χ0n) is 9.58. The second kappa shape index (κ2) is 6.15. The van der Waals surface area contributed by atoms with Crippen LogP contribution in [0.25, 0.3) is 0 Å². The molecular formula is C13H9Cl3N2O. The van der Waals surface area contributed by atoms with Gasteiger partial charge >= 0.3 is 6.03 Å². The zero-order valence-corrected chi connectivity index (χ0v) is 11.9. The lowest BCUT2D eigenvalue weighted by atomic mass is 10.3. The lowest BCUT2D eigenvalue weighted by Gasteiger charge is -2.09. The minimum Gasteiger partial charge on any atom is -0.308 e. The normalized spacial score (nSPS) is 10.1. The number of urea groups is 1. The van der Waals surface area contributed by atoms with E-state index in [1.54, 1.807) is 42.5 Å². The summed E-state index contributed by atoms with van der Waals surface area (Å²) in [5, 5.41) is 6.77. The molecule has 6 heteroatoms. The van der Waals surface area contributed by atoms with Gasteiger partial charge in [-0.05, 0) is 42.5 Å². The number of carbonyl (C=O) groups is 1. The molecule has 2 N–H and O–H groups in total. The summed E-state index contributed by atoms with van der Waals surface area (Å²) in [4.78, 5) is 11.8. The minimum absolute atomic E-state index is 0.411. The monoisotopic (exact) mass is 314 g/mol. The van der Waals surface area contributed by atoms with Gasteiger partial charge in [0.15, 0.2) is 0 Å². The van der Waals surface area contributed by atoms with Crippen LogP contribution in [0.5, 0.6) is 0 Å². The molecule has 3 nitrogen and oxygen atoms in total. The Bertz CT molecular complexity index is 599. The number of anilines is 2. The van der Waals surface area contributed by atoms with Crippen LogP contribution in [0.3, 0.4) is 0 Å². The number of amides is 2. The fraction of sp³-hybridized carbons (Fsp3) is 0. The molecule has 0 aromatic heterocycles. The zero-order chi connectivity index (χ0) is 13.8. The summed E-state index contributed by atoms with van der Waals surface area (Å²) in [6, 6.07) is 11.2. The van der Waals surface area contributed by atoms with E-state index in [0.29, 0.717) is 26.4 Å². The molecule has 0 spiro atoms. The number of halogens is 3. The number of carbonyl (C=O) groups excluding carboxylic acids is 1. The van der Waals surface area contributed by atoms with Crippen molar-refractivity contribution >= 4 is 52.2 Å². The van der Waals surface area contributed by atoms with Crippen LogP contribution < -0.4 is 10.6 Å². The van der Waals surface area contributed by atoms with Crippen molar-refractivity contribution in [1.29, 1.82) is 0 Å². The van der Waals surface area contributed by atoms with Crippen LogP contribution in [-0.4, -0.2) is 6.03 Å². The maximum Gasteiger partial charge on any atom is 0.323 e. The van der Waals surface area contributed by atoms with E-state index in [9.17, 15) is 4.79 Å². The van der Waals surface area contributed by atoms with Gasteiger partial charge in [0.1, 0.15) is 0 Å². The first-order valence-electron chi connectivity index (χ1n) is 5.33. The van der Waals surface area contributed by atoms with Crippen LogP contribution in [0, 0.1) is 0 Å². The van der Waals surface area contributed by atoms with E-state index >= 15 is 0 Å². The molecule has 2 aromatic rings. The summed E-state index contributed by atoms with van der Waals surface area (Å²) in [7, 11) is 0. The van der Waals surface area contributed by atoms with Crippen molar-refractivity contribution in [3.63, 3.8) is 0 Å². The Morgan fingerprint density at radius 1 is 0.842 bits per heavy atom. The molecule has 2 aromatic carbocycles. The second-order valence-electron chi connectivity index (χ2n) is 3.71. The molecule has 0 radical (unpaired) electrons. The van der Waals surface area contributed by atoms with Crippen LogP contribution in [-0.2, 0) is 0 Å². The summed E-state index contributed by atoms with van der Waals surface area (Å²) in [6.45, 7) is 0. The maximum atomic E-state index is 11.8. The first-order chi connectivity index (χ1) is 9.04. The SMILES string of the molecule is O=C(Nc1ccc(Cl)cc1)Nc1cc(Cl)ccc1Cl. The van der Waals surface area contributed by atoms with Crippen molar-refractivity contribution in [3.05, 3.63) is 57.5 Å². The first-order valence-corrected chi connectivity index (χ1v) is 6.46. The fourth-order valence-electron chi connectivity index (χ4n) is 1.41. The molecule has 0 aliphatic rings. The van der Waals surface area contributed by atoms with E-state index in [2.05, 4.69) is 10.6 Å². The van der Waals surface area contributed by atoms with Crippen LogP contribution in [0.15, 0.2) is 42.5 Å². The Labute approximate surface area is 125 Å². The van der Waals surface area contributed by atoms with Crippen molar-refractivity contribution in [2.24, 2.45) is 0 Å². The van der Waals surface area contributed by atoms with Crippen LogP contribution in [0.2, 0.25) is 15.1 Å². The Kier molecular flexibility index (Phi) is 4.53. The van der Waals surface area contributed by atoms with Gasteiger partial charge in [0, 0.05) is 15.7 Å². The molecule has 0 atom stereocenters. The van der Waals surface area contributed by atoms with Crippen LogP contribution in [0.4, 0.5) is 16.2 Å². The van der Waals surface area contributed by atoms with E-state index in [-0.39, 0.29) is 0 Å². The molecule has 0 unspecified atom stereocenters. The predicted octanol–water partition coefficient (Wildman–Crippen LogP) is 5.29. The Hall–Kier alpha value is -1.42. The summed E-state index contributed by atoms with van der Waals surface area (Å²) in [5.74, 6) is 0. The number of hydrogen-bond acceptors (Lipinski definition) is 1. The quantitative estimate of drug-likeness (QED) is 0.776. The second-order valence-corrected chi connectivity index (χ2v) is 4.99. The number of nitrogens with one attached hydrogen (secondary N) is 2. The largest absolute Gasteiger partial charge is 0.323 e. The summed E-state index contributed by atoms with van der Waals surface area (Å²) in [5.41, 5.74) is 1.07. The standard InChI is InChI=1S/C13H9Cl3N2O/c14-8-1-4-10(5-2-8)17-13(19)18-12-7-9(15)3-6-11(12)16/h1-7H,(H2,17,18,19). The molecular weight excluding hydrogens is 307 g/mol. The molecule has 0 aliphatic carbocycles. The lowest BCUT2D eigenvalue weighted by molar-refractivity contribution is 0.262. The third-order valence-corrected chi connectivity index (χ3v) is 3.10. The van der Waals surface area contributed by atoms with Gasteiger partial charge in [0.25, 0.3) is 0 Å². The molecule has 98 valence electrons. The van der Waals surface area contributed by atoms with Gasteiger partial charge in [0.2, 0.25) is 0 Å². The molecule has 0 bridgehead atoms. The van der Waals surface area contributed by atoms with Crippen LogP contribution >= 0.6 is 34.8 Å². The van der Waals surface area contributed by atoms with Gasteiger partial charge < -0.3 is 10.6 Å². The minimum atomic E-state index is -0.411. The number of benzene rings is 2. The first kappa shape index (κ1) is 14.0. The summed E-state index contributed by atoms with van der Waals surface area (Å²) in [6.07, 6.45) is 0. The van der Waals surface area contributed by atoms with Gasteiger partial charge in [-0.2, -0.15) is 0 Å². The van der Waals surface area contributed by atoms with Gasteiger partial charge in [-0.1, -0.05) is 34.8 Å². The topological polar surface area (TPSA) is 41.1 Å². The average Bonchev–Trinajstić information content (AvgIpc) is 2.37. The van der Waals surface area contributed by atoms with Gasteiger partial charge in [0.05, 0.1) is 10.7 Å². The molecule has 19 heavy (non-hydrogen) atoms. The van der Waals surface area contributed by atoms with E-state index in [1.165, 1.54) is 0 Å². The average molecular weight is 316 g/mol. The highest BCUT2D eigenvalue weighted by atomic mass is 35.5. The molecule has 0 saturated carbocycles. The third-order valence-electron chi connectivity index (χ3n) is 2.28. The maximum absolute atomic E-state index is 11.8. The van der Waals surface area contributed by atoms with Crippen molar-refractivity contribution in [2.75, 3.05) is 10.6 Å². The van der Waals surface area contributed by atoms with Gasteiger partial charge in [-0.15, -0.1) is 0 Å². The van der Waals surface area contributed by atoms with Crippen molar-refractivity contribution in [3.8, 4) is 0 Å². The highest BCUT2D eigenvalue weighted by molar-refractivity contribution is 6.35. The fourth-order valence-corrected chi connectivity index (χ4v) is 1.87. The Morgan fingerprint density at radius 3 is 2.16 bits per heavy atom.